The van der Waals surface area contributed by atoms with Gasteiger partial charge in [-0.3, -0.25) is 0 Å². The van der Waals surface area contributed by atoms with Crippen molar-refractivity contribution in [2.45, 2.75) is 11.9 Å². The molecule has 0 aliphatic rings. The predicted octanol–water partition coefficient (Wildman–Crippen LogP) is 5.05. The van der Waals surface area contributed by atoms with E-state index in [1.807, 2.05) is 30.3 Å². The molecule has 126 valence electrons. The van der Waals surface area contributed by atoms with Gasteiger partial charge in [0.1, 0.15) is 0 Å². The first-order valence-corrected chi connectivity index (χ1v) is 8.54. The second kappa shape index (κ2) is 8.34. The number of amidine groups is 1. The Hall–Kier alpha value is -1.80. The van der Waals surface area contributed by atoms with Crippen molar-refractivity contribution in [3.8, 4) is 0 Å². The molecule has 0 unspecified atom stereocenters. The van der Waals surface area contributed by atoms with Gasteiger partial charge in [-0.05, 0) is 27.6 Å². The number of rotatable bonds is 4. The van der Waals surface area contributed by atoms with Crippen molar-refractivity contribution in [3.05, 3.63) is 69.7 Å². The van der Waals surface area contributed by atoms with Gasteiger partial charge in [0.15, 0.2) is 5.17 Å². The van der Waals surface area contributed by atoms with Crippen LogP contribution in [0.3, 0.4) is 0 Å². The topological polar surface area (TPSA) is 50.7 Å². The summed E-state index contributed by atoms with van der Waals surface area (Å²) in [6, 6.07) is 13.5. The number of hydrogen-bond donors (Lipinski definition) is 1. The first kappa shape index (κ1) is 18.5. The fourth-order valence-corrected chi connectivity index (χ4v) is 2.98. The molecule has 2 rings (SSSR count). The molecule has 8 heteroatoms. The zero-order chi connectivity index (χ0) is 17.6. The lowest BCUT2D eigenvalue weighted by Gasteiger charge is -2.10. The van der Waals surface area contributed by atoms with E-state index in [2.05, 4.69) is 26.1 Å². The number of nitrogens with two attached hydrogens (primary N) is 1. The summed E-state index contributed by atoms with van der Waals surface area (Å²) >= 11 is 4.25. The first-order chi connectivity index (χ1) is 11.4. The van der Waals surface area contributed by atoms with E-state index in [9.17, 15) is 13.2 Å². The maximum Gasteiger partial charge on any atom is 0.417 e. The molecule has 2 aromatic carbocycles. The lowest BCUT2D eigenvalue weighted by atomic mass is 10.1. The summed E-state index contributed by atoms with van der Waals surface area (Å²) in [6.07, 6.45) is -3.20. The van der Waals surface area contributed by atoms with Crippen LogP contribution in [0.1, 0.15) is 16.7 Å². The molecule has 0 fully saturated rings. The molecule has 3 nitrogen and oxygen atoms in total. The van der Waals surface area contributed by atoms with Gasteiger partial charge in [-0.2, -0.15) is 18.3 Å². The summed E-state index contributed by atoms with van der Waals surface area (Å²) in [5.74, 6) is 0.638. The molecule has 2 aromatic rings. The predicted molar refractivity (Wildman–Crippen MR) is 96.1 cm³/mol. The van der Waals surface area contributed by atoms with Crippen LogP contribution in [0.5, 0.6) is 0 Å². The van der Waals surface area contributed by atoms with E-state index in [4.69, 9.17) is 5.73 Å². The highest BCUT2D eigenvalue weighted by Gasteiger charge is 2.33. The van der Waals surface area contributed by atoms with Gasteiger partial charge in [0, 0.05) is 15.8 Å². The third-order valence-corrected chi connectivity index (χ3v) is 4.66. The summed E-state index contributed by atoms with van der Waals surface area (Å²) in [6.45, 7) is 0. The van der Waals surface area contributed by atoms with Crippen molar-refractivity contribution < 1.29 is 13.2 Å². The molecule has 0 atom stereocenters. The Morgan fingerprint density at radius 3 is 2.50 bits per heavy atom. The average molecular weight is 416 g/mol. The minimum Gasteiger partial charge on any atom is -0.377 e. The molecule has 0 bridgehead atoms. The van der Waals surface area contributed by atoms with E-state index in [1.54, 1.807) is 0 Å². The van der Waals surface area contributed by atoms with Crippen LogP contribution in [0.2, 0.25) is 0 Å². The first-order valence-electron chi connectivity index (χ1n) is 6.77. The van der Waals surface area contributed by atoms with Crippen molar-refractivity contribution in [1.82, 2.24) is 0 Å². The highest BCUT2D eigenvalue weighted by Crippen LogP contribution is 2.35. The van der Waals surface area contributed by atoms with Gasteiger partial charge in [0.25, 0.3) is 0 Å². The summed E-state index contributed by atoms with van der Waals surface area (Å²) in [5.41, 5.74) is 6.33. The fraction of sp³-hybridized carbons (Fsp3) is 0.125. The van der Waals surface area contributed by atoms with Crippen LogP contribution in [0, 0.1) is 0 Å². The van der Waals surface area contributed by atoms with Crippen molar-refractivity contribution >= 4 is 39.1 Å². The van der Waals surface area contributed by atoms with Crippen LogP contribution < -0.4 is 5.73 Å². The Bertz CT molecular complexity index is 746. The number of thioether (sulfide) groups is 1. The Balaban J connectivity index is 2.03. The third-order valence-electron chi connectivity index (χ3n) is 2.92. The van der Waals surface area contributed by atoms with Crippen molar-refractivity contribution in [3.63, 3.8) is 0 Å². The Kier molecular flexibility index (Phi) is 6.44. The second-order valence-electron chi connectivity index (χ2n) is 4.66. The number of alkyl halides is 3. The molecule has 0 radical (unpaired) electrons. The van der Waals surface area contributed by atoms with Gasteiger partial charge >= 0.3 is 6.18 Å². The number of hydrogen-bond acceptors (Lipinski definition) is 3. The minimum absolute atomic E-state index is 0.0769. The van der Waals surface area contributed by atoms with Crippen LogP contribution >= 0.6 is 27.7 Å². The van der Waals surface area contributed by atoms with Crippen LogP contribution in [0.4, 0.5) is 13.2 Å². The van der Waals surface area contributed by atoms with Crippen LogP contribution in [0.25, 0.3) is 0 Å². The standard InChI is InChI=1S/C16H13BrF3N3S/c17-14-12(7-4-8-13(14)16(18,19)20)9-22-23-15(21)24-10-11-5-2-1-3-6-11/h1-9H,10H2,(H2,21,23). The average Bonchev–Trinajstić information content (AvgIpc) is 2.54. The Labute approximate surface area is 150 Å². The summed E-state index contributed by atoms with van der Waals surface area (Å²) < 4.78 is 38.4. The molecule has 0 aromatic heterocycles. The molecule has 0 amide bonds. The van der Waals surface area contributed by atoms with Crippen molar-refractivity contribution in [2.75, 3.05) is 0 Å². The number of halogens is 4. The van der Waals surface area contributed by atoms with E-state index in [1.165, 1.54) is 30.1 Å². The SMILES string of the molecule is NC(=NN=Cc1cccc(C(F)(F)F)c1Br)SCc1ccccc1. The molecule has 0 aliphatic heterocycles. The largest absolute Gasteiger partial charge is 0.417 e. The maximum absolute atomic E-state index is 12.8. The van der Waals surface area contributed by atoms with Crippen molar-refractivity contribution in [2.24, 2.45) is 15.9 Å². The molecule has 24 heavy (non-hydrogen) atoms. The molecule has 0 spiro atoms. The molecule has 0 saturated carbocycles. The van der Waals surface area contributed by atoms with E-state index in [0.29, 0.717) is 5.75 Å². The van der Waals surface area contributed by atoms with Gasteiger partial charge in [-0.1, -0.05) is 54.2 Å². The molecule has 0 heterocycles. The zero-order valence-corrected chi connectivity index (χ0v) is 14.7. The molecular formula is C16H13BrF3N3S. The van der Waals surface area contributed by atoms with Crippen LogP contribution in [-0.4, -0.2) is 11.4 Å². The highest BCUT2D eigenvalue weighted by molar-refractivity contribution is 9.10. The Morgan fingerprint density at radius 2 is 1.83 bits per heavy atom. The van der Waals surface area contributed by atoms with Crippen LogP contribution in [0.15, 0.2) is 63.2 Å². The van der Waals surface area contributed by atoms with Gasteiger partial charge in [0.2, 0.25) is 0 Å². The quantitative estimate of drug-likeness (QED) is 0.431. The molecule has 2 N–H and O–H groups in total. The summed E-state index contributed by atoms with van der Waals surface area (Å²) in [5, 5.41) is 7.78. The smallest absolute Gasteiger partial charge is 0.377 e. The molecular weight excluding hydrogens is 403 g/mol. The normalized spacial score (nSPS) is 12.8. The number of nitrogens with zero attached hydrogens (tertiary/aromatic N) is 2. The zero-order valence-electron chi connectivity index (χ0n) is 12.3. The van der Waals surface area contributed by atoms with Gasteiger partial charge in [0.05, 0.1) is 11.8 Å². The van der Waals surface area contributed by atoms with E-state index in [-0.39, 0.29) is 15.2 Å². The lowest BCUT2D eigenvalue weighted by molar-refractivity contribution is -0.138. The maximum atomic E-state index is 12.8. The Morgan fingerprint density at radius 1 is 1.12 bits per heavy atom. The minimum atomic E-state index is -4.43. The van der Waals surface area contributed by atoms with Gasteiger partial charge in [-0.25, -0.2) is 0 Å². The summed E-state index contributed by atoms with van der Waals surface area (Å²) in [4.78, 5) is 0. The van der Waals surface area contributed by atoms with E-state index < -0.39 is 11.7 Å². The van der Waals surface area contributed by atoms with E-state index in [0.717, 1.165) is 11.6 Å². The van der Waals surface area contributed by atoms with Gasteiger partial charge in [-0.15, -0.1) is 5.10 Å². The van der Waals surface area contributed by atoms with Gasteiger partial charge < -0.3 is 5.73 Å². The molecule has 0 aliphatic carbocycles. The third kappa shape index (κ3) is 5.38. The highest BCUT2D eigenvalue weighted by atomic mass is 79.9. The number of benzene rings is 2. The van der Waals surface area contributed by atoms with Crippen LogP contribution in [-0.2, 0) is 11.9 Å². The second-order valence-corrected chi connectivity index (χ2v) is 6.45. The van der Waals surface area contributed by atoms with Crippen molar-refractivity contribution in [1.29, 1.82) is 0 Å². The lowest BCUT2D eigenvalue weighted by Crippen LogP contribution is -2.07. The summed E-state index contributed by atoms with van der Waals surface area (Å²) in [7, 11) is 0. The monoisotopic (exact) mass is 415 g/mol. The van der Waals surface area contributed by atoms with E-state index >= 15 is 0 Å². The fourth-order valence-electron chi connectivity index (χ4n) is 1.78. The molecule has 0 saturated heterocycles.